The average Bonchev–Trinajstić information content (AvgIpc) is 3.09. The summed E-state index contributed by atoms with van der Waals surface area (Å²) in [6.45, 7) is 2.86. The van der Waals surface area contributed by atoms with Crippen LogP contribution in [-0.2, 0) is 12.8 Å². The minimum atomic E-state index is 0.107. The van der Waals surface area contributed by atoms with Crippen molar-refractivity contribution in [3.63, 3.8) is 0 Å². The molecule has 0 aliphatic carbocycles. The van der Waals surface area contributed by atoms with Crippen LogP contribution in [0.25, 0.3) is 0 Å². The summed E-state index contributed by atoms with van der Waals surface area (Å²) >= 11 is 0. The molecule has 1 saturated heterocycles. The second-order valence-corrected chi connectivity index (χ2v) is 6.47. The Morgan fingerprint density at radius 1 is 1.33 bits per heavy atom. The number of piperidine rings is 1. The number of aryl methyl sites for hydroxylation is 2. The van der Waals surface area contributed by atoms with Crippen LogP contribution in [0.2, 0.25) is 0 Å². The normalized spacial score (nSPS) is 17.9. The lowest BCUT2D eigenvalue weighted by atomic mass is 9.95. The number of H-pyrrole nitrogens is 1. The molecular weight excluding hydrogens is 302 g/mol. The zero-order valence-corrected chi connectivity index (χ0v) is 14.2. The van der Waals surface area contributed by atoms with Gasteiger partial charge in [-0.3, -0.25) is 9.89 Å². The number of aromatic amines is 1. The molecule has 128 valence electrons. The third-order valence-electron chi connectivity index (χ3n) is 4.89. The van der Waals surface area contributed by atoms with Crippen LogP contribution in [0.15, 0.2) is 30.5 Å². The predicted octanol–water partition coefficient (Wildman–Crippen LogP) is 3.31. The molecule has 1 aromatic heterocycles. The third kappa shape index (κ3) is 3.61. The predicted molar refractivity (Wildman–Crippen MR) is 93.1 cm³/mol. The van der Waals surface area contributed by atoms with Gasteiger partial charge in [-0.05, 0) is 56.2 Å². The number of amides is 1. The first-order chi connectivity index (χ1) is 11.7. The van der Waals surface area contributed by atoms with Crippen molar-refractivity contribution in [3.8, 4) is 5.75 Å². The largest absolute Gasteiger partial charge is 0.508 e. The second kappa shape index (κ2) is 7.51. The van der Waals surface area contributed by atoms with Gasteiger partial charge in [0, 0.05) is 18.3 Å². The number of rotatable bonds is 5. The summed E-state index contributed by atoms with van der Waals surface area (Å²) in [7, 11) is 0. The van der Waals surface area contributed by atoms with E-state index in [1.165, 1.54) is 12.0 Å². The maximum Gasteiger partial charge on any atom is 0.257 e. The van der Waals surface area contributed by atoms with Gasteiger partial charge in [0.25, 0.3) is 5.91 Å². The lowest BCUT2D eigenvalue weighted by Gasteiger charge is -2.36. The van der Waals surface area contributed by atoms with E-state index in [9.17, 15) is 9.90 Å². The Balaban J connectivity index is 1.69. The molecule has 1 fully saturated rings. The van der Waals surface area contributed by atoms with Gasteiger partial charge in [0.05, 0.1) is 11.8 Å². The van der Waals surface area contributed by atoms with E-state index in [-0.39, 0.29) is 11.9 Å². The fourth-order valence-corrected chi connectivity index (χ4v) is 3.49. The Hall–Kier alpha value is -2.30. The number of nitrogens with zero attached hydrogens (tertiary/aromatic N) is 2. The van der Waals surface area contributed by atoms with E-state index >= 15 is 0 Å². The number of phenolic OH excluding ortho intramolecular Hbond substituents is 1. The minimum Gasteiger partial charge on any atom is -0.508 e. The highest BCUT2D eigenvalue weighted by atomic mass is 16.3. The van der Waals surface area contributed by atoms with E-state index in [1.54, 1.807) is 18.3 Å². The molecule has 0 saturated carbocycles. The Morgan fingerprint density at radius 3 is 2.88 bits per heavy atom. The molecule has 1 amide bonds. The molecule has 1 aliphatic rings. The molecule has 0 radical (unpaired) electrons. The van der Waals surface area contributed by atoms with Crippen molar-refractivity contribution in [2.24, 2.45) is 0 Å². The van der Waals surface area contributed by atoms with Crippen molar-refractivity contribution in [2.75, 3.05) is 6.54 Å². The second-order valence-electron chi connectivity index (χ2n) is 6.47. The summed E-state index contributed by atoms with van der Waals surface area (Å²) in [6, 6.07) is 7.63. The van der Waals surface area contributed by atoms with Crippen LogP contribution in [0.3, 0.4) is 0 Å². The fraction of sp³-hybridized carbons (Fsp3) is 0.474. The molecule has 1 aromatic carbocycles. The molecule has 2 aromatic rings. The number of aromatic hydroxyl groups is 1. The number of nitrogens with one attached hydrogen (secondary N) is 1. The highest BCUT2D eigenvalue weighted by Crippen LogP contribution is 2.24. The van der Waals surface area contributed by atoms with Gasteiger partial charge in [-0.1, -0.05) is 19.1 Å². The van der Waals surface area contributed by atoms with Gasteiger partial charge in [-0.2, -0.15) is 5.10 Å². The van der Waals surface area contributed by atoms with E-state index in [1.807, 2.05) is 24.0 Å². The summed E-state index contributed by atoms with van der Waals surface area (Å²) < 4.78 is 0. The van der Waals surface area contributed by atoms with Crippen molar-refractivity contribution in [3.05, 3.63) is 47.3 Å². The minimum absolute atomic E-state index is 0.107. The summed E-state index contributed by atoms with van der Waals surface area (Å²) in [4.78, 5) is 15.0. The Kier molecular flexibility index (Phi) is 5.18. The van der Waals surface area contributed by atoms with Crippen molar-refractivity contribution >= 4 is 5.91 Å². The molecule has 2 N–H and O–H groups in total. The molecule has 0 spiro atoms. The number of benzene rings is 1. The lowest BCUT2D eigenvalue weighted by molar-refractivity contribution is 0.0601. The van der Waals surface area contributed by atoms with E-state index in [0.29, 0.717) is 11.3 Å². The monoisotopic (exact) mass is 327 g/mol. The molecule has 3 rings (SSSR count). The summed E-state index contributed by atoms with van der Waals surface area (Å²) in [5.74, 6) is 0.399. The summed E-state index contributed by atoms with van der Waals surface area (Å²) in [5, 5.41) is 16.4. The third-order valence-corrected chi connectivity index (χ3v) is 4.89. The zero-order valence-electron chi connectivity index (χ0n) is 14.2. The zero-order chi connectivity index (χ0) is 16.9. The van der Waals surface area contributed by atoms with Crippen molar-refractivity contribution in [2.45, 2.75) is 51.5 Å². The van der Waals surface area contributed by atoms with Crippen LogP contribution in [0, 0.1) is 0 Å². The van der Waals surface area contributed by atoms with Crippen molar-refractivity contribution in [1.29, 1.82) is 0 Å². The highest BCUT2D eigenvalue weighted by molar-refractivity contribution is 5.95. The van der Waals surface area contributed by atoms with Gasteiger partial charge in [-0.15, -0.1) is 0 Å². The summed E-state index contributed by atoms with van der Waals surface area (Å²) in [5.41, 5.74) is 2.83. The Labute approximate surface area is 142 Å². The first kappa shape index (κ1) is 16.6. The lowest BCUT2D eigenvalue weighted by Crippen LogP contribution is -2.44. The molecule has 1 atom stereocenters. The topological polar surface area (TPSA) is 69.2 Å². The maximum absolute atomic E-state index is 12.9. The SMILES string of the molecule is CCc1[nH]ncc1C(=O)N1CCCC[C@@H]1CCc1ccc(O)cc1. The van der Waals surface area contributed by atoms with Crippen molar-refractivity contribution in [1.82, 2.24) is 15.1 Å². The van der Waals surface area contributed by atoms with Gasteiger partial charge in [0.15, 0.2) is 0 Å². The van der Waals surface area contributed by atoms with E-state index < -0.39 is 0 Å². The van der Waals surface area contributed by atoms with Crippen LogP contribution in [-0.4, -0.2) is 38.7 Å². The standard InChI is InChI=1S/C19H25N3O2/c1-2-18-17(13-20-21-18)19(24)22-12-4-3-5-15(22)9-6-14-7-10-16(23)11-8-14/h7-8,10-11,13,15,23H,2-6,9,12H2,1H3,(H,20,21)/t15-/m1/s1. The van der Waals surface area contributed by atoms with Gasteiger partial charge >= 0.3 is 0 Å². The van der Waals surface area contributed by atoms with Crippen LogP contribution in [0.4, 0.5) is 0 Å². The number of carbonyl (C=O) groups is 1. The van der Waals surface area contributed by atoms with Gasteiger partial charge in [0.1, 0.15) is 5.75 Å². The molecule has 24 heavy (non-hydrogen) atoms. The van der Waals surface area contributed by atoms with Crippen LogP contribution in [0.1, 0.15) is 54.2 Å². The summed E-state index contributed by atoms with van der Waals surface area (Å²) in [6.07, 6.45) is 7.62. The van der Waals surface area contributed by atoms with Crippen LogP contribution < -0.4 is 0 Å². The molecule has 0 unspecified atom stereocenters. The van der Waals surface area contributed by atoms with Crippen molar-refractivity contribution < 1.29 is 9.90 Å². The van der Waals surface area contributed by atoms with Crippen LogP contribution in [0.5, 0.6) is 5.75 Å². The number of aromatic nitrogens is 2. The number of phenols is 1. The number of hydrogen-bond donors (Lipinski definition) is 2. The van der Waals surface area contributed by atoms with Gasteiger partial charge < -0.3 is 10.0 Å². The molecule has 0 bridgehead atoms. The maximum atomic E-state index is 12.9. The first-order valence-corrected chi connectivity index (χ1v) is 8.80. The highest BCUT2D eigenvalue weighted by Gasteiger charge is 2.28. The smallest absolute Gasteiger partial charge is 0.257 e. The molecular formula is C19H25N3O2. The number of hydrogen-bond acceptors (Lipinski definition) is 3. The van der Waals surface area contributed by atoms with Crippen LogP contribution >= 0.6 is 0 Å². The molecule has 1 aliphatic heterocycles. The van der Waals surface area contributed by atoms with Gasteiger partial charge in [0.2, 0.25) is 0 Å². The molecule has 5 heteroatoms. The molecule has 5 nitrogen and oxygen atoms in total. The fourth-order valence-electron chi connectivity index (χ4n) is 3.49. The van der Waals surface area contributed by atoms with E-state index in [4.69, 9.17) is 0 Å². The quantitative estimate of drug-likeness (QED) is 0.885. The molecule has 2 heterocycles. The Morgan fingerprint density at radius 2 is 2.12 bits per heavy atom. The van der Waals surface area contributed by atoms with Gasteiger partial charge in [-0.25, -0.2) is 0 Å². The number of likely N-dealkylation sites (tertiary alicyclic amines) is 1. The van der Waals surface area contributed by atoms with E-state index in [0.717, 1.165) is 44.3 Å². The van der Waals surface area contributed by atoms with E-state index in [2.05, 4.69) is 10.2 Å². The first-order valence-electron chi connectivity index (χ1n) is 8.80. The number of carbonyl (C=O) groups excluding carboxylic acids is 1. The Bertz CT molecular complexity index is 678. The average molecular weight is 327 g/mol.